The Morgan fingerprint density at radius 3 is 2.71 bits per heavy atom. The van der Waals surface area contributed by atoms with Crippen LogP contribution in [0.15, 0.2) is 24.3 Å². The van der Waals surface area contributed by atoms with Crippen LogP contribution in [0, 0.1) is 0 Å². The van der Waals surface area contributed by atoms with E-state index in [2.05, 4.69) is 4.90 Å². The molecule has 0 spiro atoms. The lowest BCUT2D eigenvalue weighted by Gasteiger charge is -2.27. The van der Waals surface area contributed by atoms with Gasteiger partial charge in [-0.05, 0) is 18.1 Å². The summed E-state index contributed by atoms with van der Waals surface area (Å²) >= 11 is 8.07. The van der Waals surface area contributed by atoms with Crippen molar-refractivity contribution in [3.8, 4) is 0 Å². The van der Waals surface area contributed by atoms with Gasteiger partial charge in [0.2, 0.25) is 0 Å². The van der Waals surface area contributed by atoms with E-state index in [0.29, 0.717) is 5.02 Å². The second kappa shape index (κ2) is 6.64. The first-order valence-corrected chi connectivity index (χ1v) is 7.53. The topological polar surface area (TPSA) is 23.5 Å². The van der Waals surface area contributed by atoms with Crippen LogP contribution in [0.25, 0.3) is 0 Å². The highest BCUT2D eigenvalue weighted by atomic mass is 35.5. The quantitative estimate of drug-likeness (QED) is 0.911. The molecular weight excluding hydrogens is 254 g/mol. The van der Waals surface area contributed by atoms with Crippen LogP contribution >= 0.6 is 23.4 Å². The van der Waals surface area contributed by atoms with E-state index in [0.717, 1.165) is 31.6 Å². The molecule has 0 radical (unpaired) electrons. The zero-order valence-electron chi connectivity index (χ0n) is 9.81. The third-order valence-corrected chi connectivity index (χ3v) is 4.37. The van der Waals surface area contributed by atoms with Crippen molar-refractivity contribution < 1.29 is 5.11 Å². The van der Waals surface area contributed by atoms with E-state index < -0.39 is 6.10 Å². The zero-order chi connectivity index (χ0) is 12.1. The van der Waals surface area contributed by atoms with E-state index >= 15 is 0 Å². The first-order valence-electron chi connectivity index (χ1n) is 6.00. The summed E-state index contributed by atoms with van der Waals surface area (Å²) in [5.74, 6) is 2.42. The minimum absolute atomic E-state index is 0.446. The van der Waals surface area contributed by atoms with Crippen molar-refractivity contribution in [1.29, 1.82) is 0 Å². The molecule has 1 N–H and O–H groups in total. The number of rotatable bonds is 4. The third kappa shape index (κ3) is 3.88. The molecule has 1 unspecified atom stereocenters. The standard InChI is InChI=1S/C13H18ClNOS/c14-12-4-2-1-3-11(12)13(16)5-6-15-7-9-17-10-8-15/h1-4,13,16H,5-10H2. The van der Waals surface area contributed by atoms with Crippen LogP contribution in [0.4, 0.5) is 0 Å². The van der Waals surface area contributed by atoms with Crippen LogP contribution < -0.4 is 0 Å². The summed E-state index contributed by atoms with van der Waals surface area (Å²) in [7, 11) is 0. The van der Waals surface area contributed by atoms with Crippen molar-refractivity contribution in [2.75, 3.05) is 31.1 Å². The average molecular weight is 272 g/mol. The van der Waals surface area contributed by atoms with Crippen LogP contribution in [-0.4, -0.2) is 41.1 Å². The number of halogens is 1. The Morgan fingerprint density at radius 1 is 1.29 bits per heavy atom. The Labute approximate surface area is 112 Å². The van der Waals surface area contributed by atoms with E-state index in [1.54, 1.807) is 0 Å². The largest absolute Gasteiger partial charge is 0.388 e. The minimum atomic E-state index is -0.446. The summed E-state index contributed by atoms with van der Waals surface area (Å²) < 4.78 is 0. The van der Waals surface area contributed by atoms with Crippen LogP contribution in [-0.2, 0) is 0 Å². The van der Waals surface area contributed by atoms with Crippen molar-refractivity contribution in [1.82, 2.24) is 4.90 Å². The molecule has 2 rings (SSSR count). The Kier molecular flexibility index (Phi) is 5.16. The molecule has 1 heterocycles. The van der Waals surface area contributed by atoms with E-state index in [1.807, 2.05) is 36.0 Å². The van der Waals surface area contributed by atoms with Crippen molar-refractivity contribution in [2.45, 2.75) is 12.5 Å². The van der Waals surface area contributed by atoms with Crippen molar-refractivity contribution in [2.24, 2.45) is 0 Å². The molecule has 0 saturated carbocycles. The number of nitrogens with zero attached hydrogens (tertiary/aromatic N) is 1. The molecule has 1 saturated heterocycles. The van der Waals surface area contributed by atoms with Crippen molar-refractivity contribution >= 4 is 23.4 Å². The summed E-state index contributed by atoms with van der Waals surface area (Å²) in [6.45, 7) is 3.23. The van der Waals surface area contributed by atoms with Gasteiger partial charge in [0.1, 0.15) is 0 Å². The molecule has 0 aromatic heterocycles. The molecular formula is C13H18ClNOS. The maximum atomic E-state index is 10.1. The van der Waals surface area contributed by atoms with Crippen LogP contribution in [0.2, 0.25) is 5.02 Å². The summed E-state index contributed by atoms with van der Waals surface area (Å²) in [5.41, 5.74) is 0.848. The normalized spacial score (nSPS) is 19.2. The highest BCUT2D eigenvalue weighted by molar-refractivity contribution is 7.99. The monoisotopic (exact) mass is 271 g/mol. The Bertz CT molecular complexity index is 355. The van der Waals surface area contributed by atoms with Crippen molar-refractivity contribution in [3.05, 3.63) is 34.9 Å². The number of thioether (sulfide) groups is 1. The molecule has 0 bridgehead atoms. The van der Waals surface area contributed by atoms with E-state index in [4.69, 9.17) is 11.6 Å². The van der Waals surface area contributed by atoms with E-state index in [-0.39, 0.29) is 0 Å². The molecule has 1 atom stereocenters. The Morgan fingerprint density at radius 2 is 2.00 bits per heavy atom. The Balaban J connectivity index is 1.84. The number of hydrogen-bond donors (Lipinski definition) is 1. The van der Waals surface area contributed by atoms with Gasteiger partial charge in [-0.1, -0.05) is 29.8 Å². The second-order valence-electron chi connectivity index (χ2n) is 4.28. The summed E-state index contributed by atoms with van der Waals surface area (Å²) in [4.78, 5) is 2.41. The SMILES string of the molecule is OC(CCN1CCSCC1)c1ccccc1Cl. The molecule has 17 heavy (non-hydrogen) atoms. The number of aliphatic hydroxyl groups is 1. The molecule has 2 nitrogen and oxygen atoms in total. The van der Waals surface area contributed by atoms with Gasteiger partial charge in [-0.2, -0.15) is 11.8 Å². The first-order chi connectivity index (χ1) is 8.27. The second-order valence-corrected chi connectivity index (χ2v) is 5.91. The van der Waals surface area contributed by atoms with E-state index in [9.17, 15) is 5.11 Å². The van der Waals surface area contributed by atoms with Gasteiger partial charge in [-0.15, -0.1) is 0 Å². The fourth-order valence-corrected chi connectivity index (χ4v) is 3.27. The number of aliphatic hydroxyl groups excluding tert-OH is 1. The molecule has 0 amide bonds. The molecule has 1 aliphatic heterocycles. The maximum Gasteiger partial charge on any atom is 0.0816 e. The van der Waals surface area contributed by atoms with Gasteiger partial charge in [-0.3, -0.25) is 0 Å². The first kappa shape index (κ1) is 13.2. The van der Waals surface area contributed by atoms with Gasteiger partial charge in [0.05, 0.1) is 6.10 Å². The highest BCUT2D eigenvalue weighted by Crippen LogP contribution is 2.25. The molecule has 0 aliphatic carbocycles. The molecule has 1 aromatic carbocycles. The predicted octanol–water partition coefficient (Wildman–Crippen LogP) is 2.81. The van der Waals surface area contributed by atoms with E-state index in [1.165, 1.54) is 11.5 Å². The summed E-state index contributed by atoms with van der Waals surface area (Å²) in [6, 6.07) is 7.54. The maximum absolute atomic E-state index is 10.1. The Hall–Kier alpha value is -0.220. The van der Waals surface area contributed by atoms with Gasteiger partial charge in [0.15, 0.2) is 0 Å². The molecule has 94 valence electrons. The molecule has 1 aliphatic rings. The molecule has 1 fully saturated rings. The van der Waals surface area contributed by atoms with Gasteiger partial charge in [-0.25, -0.2) is 0 Å². The summed E-state index contributed by atoms with van der Waals surface area (Å²) in [6.07, 6.45) is 0.312. The average Bonchev–Trinajstić information content (AvgIpc) is 2.38. The zero-order valence-corrected chi connectivity index (χ0v) is 11.4. The lowest BCUT2D eigenvalue weighted by atomic mass is 10.1. The van der Waals surface area contributed by atoms with Crippen LogP contribution in [0.5, 0.6) is 0 Å². The predicted molar refractivity (Wildman–Crippen MR) is 74.8 cm³/mol. The summed E-state index contributed by atoms with van der Waals surface area (Å²) in [5, 5.41) is 10.8. The van der Waals surface area contributed by atoms with Gasteiger partial charge in [0.25, 0.3) is 0 Å². The minimum Gasteiger partial charge on any atom is -0.388 e. The number of benzene rings is 1. The highest BCUT2D eigenvalue weighted by Gasteiger charge is 2.15. The lowest BCUT2D eigenvalue weighted by molar-refractivity contribution is 0.145. The van der Waals surface area contributed by atoms with Gasteiger partial charge >= 0.3 is 0 Å². The smallest absolute Gasteiger partial charge is 0.0816 e. The molecule has 1 aromatic rings. The van der Waals surface area contributed by atoms with Gasteiger partial charge in [0, 0.05) is 36.2 Å². The number of hydrogen-bond acceptors (Lipinski definition) is 3. The van der Waals surface area contributed by atoms with Crippen molar-refractivity contribution in [3.63, 3.8) is 0 Å². The fourth-order valence-electron chi connectivity index (χ4n) is 2.03. The lowest BCUT2D eigenvalue weighted by Crippen LogP contribution is -2.34. The molecule has 4 heteroatoms. The van der Waals surface area contributed by atoms with Crippen LogP contribution in [0.1, 0.15) is 18.1 Å². The fraction of sp³-hybridized carbons (Fsp3) is 0.538. The van der Waals surface area contributed by atoms with Crippen LogP contribution in [0.3, 0.4) is 0 Å². The third-order valence-electron chi connectivity index (χ3n) is 3.09. The van der Waals surface area contributed by atoms with Gasteiger partial charge < -0.3 is 10.0 Å².